The molecular formula is C13H27N3O2. The molecule has 1 saturated heterocycles. The maximum atomic E-state index is 11.8. The molecule has 1 rings (SSSR count). The van der Waals surface area contributed by atoms with Crippen LogP contribution in [0, 0.1) is 5.92 Å². The van der Waals surface area contributed by atoms with Crippen LogP contribution in [0.4, 0.5) is 4.79 Å². The van der Waals surface area contributed by atoms with Crippen molar-refractivity contribution in [3.05, 3.63) is 0 Å². The monoisotopic (exact) mass is 257 g/mol. The van der Waals surface area contributed by atoms with E-state index in [4.69, 9.17) is 10.5 Å². The lowest BCUT2D eigenvalue weighted by atomic mass is 10.1. The van der Waals surface area contributed by atoms with Crippen molar-refractivity contribution in [2.24, 2.45) is 11.7 Å². The topological polar surface area (TPSA) is 58.8 Å². The van der Waals surface area contributed by atoms with Crippen molar-refractivity contribution < 1.29 is 9.53 Å². The van der Waals surface area contributed by atoms with Gasteiger partial charge in [-0.05, 0) is 39.3 Å². The highest BCUT2D eigenvalue weighted by atomic mass is 16.6. The highest BCUT2D eigenvalue weighted by Crippen LogP contribution is 2.08. The molecule has 0 spiro atoms. The van der Waals surface area contributed by atoms with E-state index >= 15 is 0 Å². The molecule has 1 amide bonds. The molecule has 0 bridgehead atoms. The van der Waals surface area contributed by atoms with Gasteiger partial charge >= 0.3 is 6.09 Å². The van der Waals surface area contributed by atoms with Gasteiger partial charge in [-0.1, -0.05) is 6.92 Å². The second-order valence-corrected chi connectivity index (χ2v) is 5.41. The average molecular weight is 257 g/mol. The van der Waals surface area contributed by atoms with Gasteiger partial charge in [-0.15, -0.1) is 0 Å². The maximum absolute atomic E-state index is 11.8. The third-order valence-corrected chi connectivity index (χ3v) is 3.16. The zero-order valence-corrected chi connectivity index (χ0v) is 11.9. The fraction of sp³-hybridized carbons (Fsp3) is 0.923. The molecule has 1 unspecified atom stereocenters. The van der Waals surface area contributed by atoms with Crippen LogP contribution in [0.1, 0.15) is 27.2 Å². The van der Waals surface area contributed by atoms with Crippen LogP contribution in [0.3, 0.4) is 0 Å². The summed E-state index contributed by atoms with van der Waals surface area (Å²) in [5.74, 6) is 0.513. The summed E-state index contributed by atoms with van der Waals surface area (Å²) in [6.07, 6.45) is 0.776. The highest BCUT2D eigenvalue weighted by Gasteiger charge is 2.21. The van der Waals surface area contributed by atoms with E-state index in [0.29, 0.717) is 5.92 Å². The minimum Gasteiger partial charge on any atom is -0.447 e. The van der Waals surface area contributed by atoms with Crippen molar-refractivity contribution in [1.82, 2.24) is 9.80 Å². The zero-order valence-electron chi connectivity index (χ0n) is 11.9. The lowest BCUT2D eigenvalue weighted by Gasteiger charge is -2.24. The van der Waals surface area contributed by atoms with Crippen LogP contribution in [0.15, 0.2) is 0 Å². The highest BCUT2D eigenvalue weighted by molar-refractivity contribution is 5.67. The normalized spacial score (nSPS) is 19.7. The van der Waals surface area contributed by atoms with E-state index in [2.05, 4.69) is 11.8 Å². The van der Waals surface area contributed by atoms with Gasteiger partial charge in [0.2, 0.25) is 0 Å². The first kappa shape index (κ1) is 15.2. The quantitative estimate of drug-likeness (QED) is 0.820. The van der Waals surface area contributed by atoms with Crippen molar-refractivity contribution in [2.45, 2.75) is 33.3 Å². The summed E-state index contributed by atoms with van der Waals surface area (Å²) in [5.41, 5.74) is 5.65. The van der Waals surface area contributed by atoms with Gasteiger partial charge in [-0.25, -0.2) is 4.79 Å². The number of nitrogens with two attached hydrogens (primary N) is 1. The SMILES string of the molecule is CC(CN)CN1CCCN(C(=O)OC(C)C)CC1. The predicted molar refractivity (Wildman–Crippen MR) is 72.5 cm³/mol. The molecule has 0 aromatic rings. The zero-order chi connectivity index (χ0) is 13.5. The van der Waals surface area contributed by atoms with E-state index in [1.54, 1.807) is 0 Å². The van der Waals surface area contributed by atoms with E-state index in [0.717, 1.165) is 45.7 Å². The van der Waals surface area contributed by atoms with Gasteiger partial charge in [-0.3, -0.25) is 0 Å². The van der Waals surface area contributed by atoms with Crippen LogP contribution in [-0.4, -0.2) is 61.3 Å². The molecule has 2 N–H and O–H groups in total. The van der Waals surface area contributed by atoms with Crippen LogP contribution < -0.4 is 5.73 Å². The Morgan fingerprint density at radius 2 is 1.94 bits per heavy atom. The number of ether oxygens (including phenoxy) is 1. The fourth-order valence-corrected chi connectivity index (χ4v) is 2.13. The summed E-state index contributed by atoms with van der Waals surface area (Å²) >= 11 is 0. The van der Waals surface area contributed by atoms with Crippen LogP contribution in [0.5, 0.6) is 0 Å². The molecule has 0 radical (unpaired) electrons. The Hall–Kier alpha value is -0.810. The second-order valence-electron chi connectivity index (χ2n) is 5.41. The van der Waals surface area contributed by atoms with E-state index < -0.39 is 0 Å². The molecule has 1 atom stereocenters. The summed E-state index contributed by atoms with van der Waals surface area (Å²) in [6, 6.07) is 0. The van der Waals surface area contributed by atoms with Gasteiger partial charge in [0.25, 0.3) is 0 Å². The Morgan fingerprint density at radius 3 is 2.56 bits per heavy atom. The molecular weight excluding hydrogens is 230 g/mol. The first-order chi connectivity index (χ1) is 8.52. The molecule has 106 valence electrons. The van der Waals surface area contributed by atoms with Gasteiger partial charge in [0.15, 0.2) is 0 Å². The summed E-state index contributed by atoms with van der Waals surface area (Å²) in [5, 5.41) is 0. The molecule has 1 heterocycles. The summed E-state index contributed by atoms with van der Waals surface area (Å²) in [7, 11) is 0. The van der Waals surface area contributed by atoms with E-state index in [-0.39, 0.29) is 12.2 Å². The number of hydrogen-bond donors (Lipinski definition) is 1. The van der Waals surface area contributed by atoms with Crippen molar-refractivity contribution in [3.63, 3.8) is 0 Å². The number of hydrogen-bond acceptors (Lipinski definition) is 4. The van der Waals surface area contributed by atoms with Crippen molar-refractivity contribution >= 4 is 6.09 Å². The third-order valence-electron chi connectivity index (χ3n) is 3.16. The van der Waals surface area contributed by atoms with Crippen LogP contribution in [-0.2, 0) is 4.74 Å². The lowest BCUT2D eigenvalue weighted by Crippen LogP contribution is -2.38. The number of carbonyl (C=O) groups is 1. The molecule has 18 heavy (non-hydrogen) atoms. The molecule has 0 aromatic carbocycles. The summed E-state index contributed by atoms with van der Waals surface area (Å²) in [6.45, 7) is 11.2. The standard InChI is InChI=1S/C13H27N3O2/c1-11(2)18-13(17)16-6-4-5-15(7-8-16)10-12(3)9-14/h11-12H,4-10,14H2,1-3H3. The fourth-order valence-electron chi connectivity index (χ4n) is 2.13. The number of rotatable bonds is 4. The maximum Gasteiger partial charge on any atom is 0.410 e. The largest absolute Gasteiger partial charge is 0.447 e. The Morgan fingerprint density at radius 1 is 1.22 bits per heavy atom. The molecule has 0 aromatic heterocycles. The Kier molecular flexibility index (Phi) is 6.43. The summed E-state index contributed by atoms with van der Waals surface area (Å²) < 4.78 is 5.23. The number of nitrogens with zero attached hydrogens (tertiary/aromatic N) is 2. The van der Waals surface area contributed by atoms with E-state index in [9.17, 15) is 4.79 Å². The third kappa shape index (κ3) is 5.23. The Labute approximate surface area is 110 Å². The minimum absolute atomic E-state index is 0.0471. The van der Waals surface area contributed by atoms with Crippen molar-refractivity contribution in [3.8, 4) is 0 Å². The molecule has 0 saturated carbocycles. The van der Waals surface area contributed by atoms with E-state index in [1.165, 1.54) is 0 Å². The molecule has 1 aliphatic rings. The first-order valence-corrected chi connectivity index (χ1v) is 6.91. The Balaban J connectivity index is 2.38. The molecule has 1 fully saturated rings. The lowest BCUT2D eigenvalue weighted by molar-refractivity contribution is 0.0777. The molecule has 0 aliphatic carbocycles. The predicted octanol–water partition coefficient (Wildman–Crippen LogP) is 1.13. The number of carbonyl (C=O) groups excluding carboxylic acids is 1. The van der Waals surface area contributed by atoms with E-state index in [1.807, 2.05) is 18.7 Å². The smallest absolute Gasteiger partial charge is 0.410 e. The number of amides is 1. The molecule has 1 aliphatic heterocycles. The average Bonchev–Trinajstić information content (AvgIpc) is 2.53. The first-order valence-electron chi connectivity index (χ1n) is 6.91. The van der Waals surface area contributed by atoms with Gasteiger partial charge in [0, 0.05) is 26.2 Å². The van der Waals surface area contributed by atoms with Gasteiger partial charge in [0.05, 0.1) is 6.10 Å². The van der Waals surface area contributed by atoms with Crippen molar-refractivity contribution in [1.29, 1.82) is 0 Å². The van der Waals surface area contributed by atoms with Gasteiger partial charge < -0.3 is 20.3 Å². The van der Waals surface area contributed by atoms with Crippen LogP contribution in [0.2, 0.25) is 0 Å². The molecule has 5 nitrogen and oxygen atoms in total. The Bertz CT molecular complexity index is 259. The van der Waals surface area contributed by atoms with Crippen LogP contribution >= 0.6 is 0 Å². The summed E-state index contributed by atoms with van der Waals surface area (Å²) in [4.78, 5) is 16.0. The minimum atomic E-state index is -0.182. The van der Waals surface area contributed by atoms with Gasteiger partial charge in [-0.2, -0.15) is 0 Å². The van der Waals surface area contributed by atoms with Gasteiger partial charge in [0.1, 0.15) is 0 Å². The van der Waals surface area contributed by atoms with Crippen LogP contribution in [0.25, 0.3) is 0 Å². The molecule has 5 heteroatoms. The van der Waals surface area contributed by atoms with Crippen molar-refractivity contribution in [2.75, 3.05) is 39.3 Å². The second kappa shape index (κ2) is 7.59.